The fraction of sp³-hybridized carbons (Fsp3) is 0.263. The molecule has 0 aliphatic heterocycles. The van der Waals surface area contributed by atoms with Crippen LogP contribution in [0, 0.1) is 0 Å². The number of nitrogens with zero attached hydrogens (tertiary/aromatic N) is 1. The Morgan fingerprint density at radius 1 is 1.00 bits per heavy atom. The maximum atomic E-state index is 11.9. The quantitative estimate of drug-likeness (QED) is 0.136. The van der Waals surface area contributed by atoms with Gasteiger partial charge in [-0.3, -0.25) is 0 Å². The van der Waals surface area contributed by atoms with E-state index in [4.69, 9.17) is 19.0 Å². The third-order valence-electron chi connectivity index (χ3n) is 3.04. The summed E-state index contributed by atoms with van der Waals surface area (Å²) in [6.07, 6.45) is 0. The van der Waals surface area contributed by atoms with Crippen molar-refractivity contribution in [2.24, 2.45) is 5.16 Å². The number of ether oxygens (including phenoxy) is 3. The summed E-state index contributed by atoms with van der Waals surface area (Å²) < 4.78 is 16.1. The van der Waals surface area contributed by atoms with Gasteiger partial charge in [0, 0.05) is 0 Å². The first-order valence-corrected chi connectivity index (χ1v) is 8.94. The molecule has 0 aliphatic rings. The Kier molecular flexibility index (Phi) is 11.8. The molecule has 27 heavy (non-hydrogen) atoms. The standard InChI is InChI=1S/C19H20BrNO5.Na.H/c1-15(21-25-13-12-23-16-8-4-2-5-9-16)19(22)26-18(20)14-24-17-10-6-3-7-11-17;;/h2-11,18H,12-14H2,1H3;;/q;+1;-1. The Labute approximate surface area is 190 Å². The SMILES string of the molecule is CC(=NOCCOc1ccccc1)C(=O)OC(Br)COc1ccccc1.[H-].[Na+]. The number of para-hydroxylation sites is 2. The van der Waals surface area contributed by atoms with Crippen LogP contribution in [-0.2, 0) is 14.4 Å². The number of esters is 1. The zero-order valence-electron chi connectivity index (χ0n) is 16.3. The van der Waals surface area contributed by atoms with Crippen LogP contribution >= 0.6 is 15.9 Å². The Morgan fingerprint density at radius 3 is 2.15 bits per heavy atom. The second kappa shape index (κ2) is 13.6. The van der Waals surface area contributed by atoms with E-state index < -0.39 is 11.0 Å². The van der Waals surface area contributed by atoms with Gasteiger partial charge in [-0.1, -0.05) is 41.6 Å². The van der Waals surface area contributed by atoms with E-state index in [2.05, 4.69) is 21.1 Å². The summed E-state index contributed by atoms with van der Waals surface area (Å²) in [6.45, 7) is 2.23. The van der Waals surface area contributed by atoms with Crippen molar-refractivity contribution in [2.45, 2.75) is 11.9 Å². The Hall–Kier alpha value is -1.54. The average Bonchev–Trinajstić information content (AvgIpc) is 2.67. The van der Waals surface area contributed by atoms with Gasteiger partial charge in [-0.2, -0.15) is 0 Å². The van der Waals surface area contributed by atoms with Crippen LogP contribution in [0.2, 0.25) is 0 Å². The third kappa shape index (κ3) is 9.81. The fourth-order valence-electron chi connectivity index (χ4n) is 1.81. The molecule has 1 atom stereocenters. The summed E-state index contributed by atoms with van der Waals surface area (Å²) >= 11 is 3.24. The number of carbonyl (C=O) groups is 1. The molecule has 0 N–H and O–H groups in total. The van der Waals surface area contributed by atoms with Gasteiger partial charge in [-0.25, -0.2) is 4.79 Å². The van der Waals surface area contributed by atoms with Gasteiger partial charge >= 0.3 is 35.5 Å². The average molecular weight is 446 g/mol. The van der Waals surface area contributed by atoms with Crippen molar-refractivity contribution >= 4 is 27.6 Å². The molecule has 2 aromatic rings. The van der Waals surface area contributed by atoms with Crippen LogP contribution in [0.3, 0.4) is 0 Å². The molecular formula is C19H21BrNNaO5. The predicted octanol–water partition coefficient (Wildman–Crippen LogP) is 0.918. The first-order chi connectivity index (χ1) is 12.6. The monoisotopic (exact) mass is 445 g/mol. The van der Waals surface area contributed by atoms with Crippen LogP contribution in [-0.4, -0.2) is 36.5 Å². The summed E-state index contributed by atoms with van der Waals surface area (Å²) in [4.78, 5) is 17.0. The summed E-state index contributed by atoms with van der Waals surface area (Å²) in [5.74, 6) is 0.851. The van der Waals surface area contributed by atoms with Crippen molar-refractivity contribution < 1.29 is 54.8 Å². The molecule has 0 saturated heterocycles. The second-order valence-electron chi connectivity index (χ2n) is 5.11. The number of hydrogen-bond donors (Lipinski definition) is 0. The van der Waals surface area contributed by atoms with E-state index in [-0.39, 0.29) is 49.9 Å². The molecule has 0 radical (unpaired) electrons. The smallest absolute Gasteiger partial charge is 1.00 e. The molecule has 2 aromatic carbocycles. The van der Waals surface area contributed by atoms with Gasteiger partial charge in [-0.05, 0) is 47.1 Å². The minimum Gasteiger partial charge on any atom is -1.00 e. The number of rotatable bonds is 10. The maximum absolute atomic E-state index is 11.9. The molecule has 0 spiro atoms. The minimum absolute atomic E-state index is 0. The van der Waals surface area contributed by atoms with Gasteiger partial charge in [0.1, 0.15) is 24.7 Å². The molecule has 0 aliphatic carbocycles. The molecule has 140 valence electrons. The van der Waals surface area contributed by atoms with E-state index in [1.165, 1.54) is 6.92 Å². The Balaban J connectivity index is 0.00000364. The molecule has 1 unspecified atom stereocenters. The van der Waals surface area contributed by atoms with E-state index in [1.807, 2.05) is 60.7 Å². The molecule has 0 fully saturated rings. The van der Waals surface area contributed by atoms with E-state index in [0.29, 0.717) is 12.4 Å². The van der Waals surface area contributed by atoms with Gasteiger partial charge in [0.25, 0.3) is 0 Å². The van der Waals surface area contributed by atoms with Crippen molar-refractivity contribution in [1.29, 1.82) is 0 Å². The first kappa shape index (κ1) is 23.5. The number of halogens is 1. The van der Waals surface area contributed by atoms with E-state index in [9.17, 15) is 4.79 Å². The fourth-order valence-corrected chi connectivity index (χ4v) is 2.11. The van der Waals surface area contributed by atoms with Crippen LogP contribution in [0.15, 0.2) is 65.8 Å². The van der Waals surface area contributed by atoms with Crippen molar-refractivity contribution in [1.82, 2.24) is 0 Å². The van der Waals surface area contributed by atoms with E-state index in [1.54, 1.807) is 0 Å². The van der Waals surface area contributed by atoms with Crippen LogP contribution < -0.4 is 39.0 Å². The van der Waals surface area contributed by atoms with E-state index >= 15 is 0 Å². The van der Waals surface area contributed by atoms with Crippen LogP contribution in [0.5, 0.6) is 11.5 Å². The third-order valence-corrected chi connectivity index (χ3v) is 3.49. The van der Waals surface area contributed by atoms with Gasteiger partial charge in [-0.15, -0.1) is 0 Å². The van der Waals surface area contributed by atoms with Crippen LogP contribution in [0.4, 0.5) is 0 Å². The number of carbonyl (C=O) groups excluding carboxylic acids is 1. The van der Waals surface area contributed by atoms with Gasteiger partial charge in [0.05, 0.1) is 0 Å². The largest absolute Gasteiger partial charge is 1.00 e. The van der Waals surface area contributed by atoms with Crippen LogP contribution in [0.1, 0.15) is 8.35 Å². The molecule has 0 aromatic heterocycles. The van der Waals surface area contributed by atoms with Crippen molar-refractivity contribution in [3.05, 3.63) is 60.7 Å². The summed E-state index contributed by atoms with van der Waals surface area (Å²) in [5, 5.41) is 3.13. The summed E-state index contributed by atoms with van der Waals surface area (Å²) in [7, 11) is 0. The van der Waals surface area contributed by atoms with Gasteiger partial charge in [0.15, 0.2) is 17.3 Å². The molecule has 0 amide bonds. The zero-order valence-corrected chi connectivity index (χ0v) is 18.9. The zero-order chi connectivity index (χ0) is 18.6. The molecule has 2 rings (SSSR count). The molecule has 6 nitrogen and oxygen atoms in total. The van der Waals surface area contributed by atoms with E-state index in [0.717, 1.165) is 5.75 Å². The number of alkyl halides is 1. The maximum Gasteiger partial charge on any atom is 1.00 e. The van der Waals surface area contributed by atoms with Gasteiger partial charge in [0.2, 0.25) is 0 Å². The summed E-state index contributed by atoms with van der Waals surface area (Å²) in [5.41, 5.74) is 0.105. The number of oxime groups is 1. The molecule has 0 saturated carbocycles. The number of benzene rings is 2. The number of hydrogen-bond acceptors (Lipinski definition) is 6. The predicted molar refractivity (Wildman–Crippen MR) is 103 cm³/mol. The normalized spacial score (nSPS) is 11.7. The minimum atomic E-state index is -0.596. The molecule has 0 heterocycles. The van der Waals surface area contributed by atoms with Crippen molar-refractivity contribution in [3.63, 3.8) is 0 Å². The topological polar surface area (TPSA) is 66.4 Å². The first-order valence-electron chi connectivity index (χ1n) is 8.02. The molecule has 0 bridgehead atoms. The van der Waals surface area contributed by atoms with Crippen molar-refractivity contribution in [3.8, 4) is 11.5 Å². The second-order valence-corrected chi connectivity index (χ2v) is 6.13. The summed E-state index contributed by atoms with van der Waals surface area (Å²) in [6, 6.07) is 18.6. The molecule has 8 heteroatoms. The molecular weight excluding hydrogens is 425 g/mol. The van der Waals surface area contributed by atoms with Gasteiger partial charge < -0.3 is 20.5 Å². The Bertz CT molecular complexity index is 706. The van der Waals surface area contributed by atoms with Crippen LogP contribution in [0.25, 0.3) is 0 Å². The Morgan fingerprint density at radius 2 is 1.56 bits per heavy atom. The van der Waals surface area contributed by atoms with Crippen molar-refractivity contribution in [2.75, 3.05) is 19.8 Å².